The van der Waals surface area contributed by atoms with Crippen molar-refractivity contribution in [1.29, 1.82) is 0 Å². The van der Waals surface area contributed by atoms with Crippen molar-refractivity contribution in [2.45, 2.75) is 31.9 Å². The van der Waals surface area contributed by atoms with Gasteiger partial charge in [0.2, 0.25) is 0 Å². The van der Waals surface area contributed by atoms with Crippen LogP contribution >= 0.6 is 0 Å². The summed E-state index contributed by atoms with van der Waals surface area (Å²) in [6.07, 6.45) is 2.07. The molecule has 104 valence electrons. The van der Waals surface area contributed by atoms with E-state index in [2.05, 4.69) is 10.6 Å². The van der Waals surface area contributed by atoms with Crippen LogP contribution in [-0.2, 0) is 14.3 Å². The largest absolute Gasteiger partial charge is 0.480 e. The van der Waals surface area contributed by atoms with E-state index in [1.807, 2.05) is 6.92 Å². The monoisotopic (exact) mass is 260 g/mol. The lowest BCUT2D eigenvalue weighted by molar-refractivity contribution is -0.142. The van der Waals surface area contributed by atoms with Crippen molar-refractivity contribution in [3.05, 3.63) is 0 Å². The molecule has 3 N–H and O–H groups in total. The Morgan fingerprint density at radius 3 is 2.94 bits per heavy atom. The molecule has 7 heteroatoms. The zero-order valence-corrected chi connectivity index (χ0v) is 10.5. The van der Waals surface area contributed by atoms with Crippen LogP contribution in [0, 0.1) is 0 Å². The molecule has 1 heterocycles. The van der Waals surface area contributed by atoms with Gasteiger partial charge in [0.1, 0.15) is 6.61 Å². The lowest BCUT2D eigenvalue weighted by atomic mass is 10.1. The third-order valence-electron chi connectivity index (χ3n) is 2.64. The fraction of sp³-hybridized carbons (Fsp3) is 0.818. The number of ether oxygens (including phenoxy) is 2. The van der Waals surface area contributed by atoms with Gasteiger partial charge >= 0.3 is 12.0 Å². The van der Waals surface area contributed by atoms with Gasteiger partial charge in [-0.1, -0.05) is 0 Å². The molecule has 0 aromatic carbocycles. The highest BCUT2D eigenvalue weighted by molar-refractivity contribution is 5.74. The first-order valence-corrected chi connectivity index (χ1v) is 6.05. The van der Waals surface area contributed by atoms with Crippen LogP contribution in [0.15, 0.2) is 0 Å². The van der Waals surface area contributed by atoms with Crippen LogP contribution in [0.2, 0.25) is 0 Å². The predicted molar refractivity (Wildman–Crippen MR) is 63.4 cm³/mol. The van der Waals surface area contributed by atoms with Gasteiger partial charge in [0.15, 0.2) is 0 Å². The van der Waals surface area contributed by atoms with E-state index in [0.29, 0.717) is 0 Å². The van der Waals surface area contributed by atoms with Crippen molar-refractivity contribution in [2.24, 2.45) is 0 Å². The number of carboxylic acids is 1. The molecular formula is C11H20N2O5. The van der Waals surface area contributed by atoms with E-state index < -0.39 is 5.97 Å². The van der Waals surface area contributed by atoms with E-state index >= 15 is 0 Å². The van der Waals surface area contributed by atoms with Gasteiger partial charge < -0.3 is 25.2 Å². The Balaban J connectivity index is 2.04. The number of rotatable bonds is 7. The van der Waals surface area contributed by atoms with Gasteiger partial charge in [0.05, 0.1) is 18.8 Å². The molecule has 7 nitrogen and oxygen atoms in total. The molecule has 2 atom stereocenters. The number of urea groups is 1. The molecule has 0 spiro atoms. The minimum absolute atomic E-state index is 0.0348. The van der Waals surface area contributed by atoms with E-state index in [4.69, 9.17) is 14.6 Å². The Morgan fingerprint density at radius 1 is 1.56 bits per heavy atom. The zero-order chi connectivity index (χ0) is 13.4. The minimum atomic E-state index is -1.02. The number of aliphatic carboxylic acids is 1. The molecule has 0 aliphatic carbocycles. The zero-order valence-electron chi connectivity index (χ0n) is 10.5. The first-order chi connectivity index (χ1) is 8.59. The summed E-state index contributed by atoms with van der Waals surface area (Å²) in [5.41, 5.74) is 0. The van der Waals surface area contributed by atoms with Crippen molar-refractivity contribution in [3.63, 3.8) is 0 Å². The fourth-order valence-electron chi connectivity index (χ4n) is 1.74. The molecule has 0 bridgehead atoms. The average Bonchev–Trinajstić information content (AvgIpc) is 2.81. The van der Waals surface area contributed by atoms with Gasteiger partial charge in [-0.2, -0.15) is 0 Å². The molecule has 18 heavy (non-hydrogen) atoms. The fourth-order valence-corrected chi connectivity index (χ4v) is 1.74. The molecule has 0 aromatic heterocycles. The second-order valence-electron chi connectivity index (χ2n) is 4.19. The van der Waals surface area contributed by atoms with Crippen LogP contribution in [0.25, 0.3) is 0 Å². The Kier molecular flexibility index (Phi) is 6.45. The van der Waals surface area contributed by atoms with Gasteiger partial charge in [-0.25, -0.2) is 9.59 Å². The number of hydrogen-bond acceptors (Lipinski definition) is 4. The second kappa shape index (κ2) is 7.88. The number of hydrogen-bond donors (Lipinski definition) is 3. The van der Waals surface area contributed by atoms with E-state index in [1.54, 1.807) is 0 Å². The molecule has 0 saturated carbocycles. The SMILES string of the molecule is CC(NC(=O)NCCOCC(=O)O)C1CCCO1. The summed E-state index contributed by atoms with van der Waals surface area (Å²) < 4.78 is 10.2. The number of carbonyl (C=O) groups excluding carboxylic acids is 1. The van der Waals surface area contributed by atoms with Crippen LogP contribution in [-0.4, -0.2) is 55.6 Å². The standard InChI is InChI=1S/C11H20N2O5/c1-8(9-3-2-5-18-9)13-11(16)12-4-6-17-7-10(14)15/h8-9H,2-7H2,1H3,(H,14,15)(H2,12,13,16). The molecule has 1 rings (SSSR count). The van der Waals surface area contributed by atoms with Crippen LogP contribution < -0.4 is 10.6 Å². The molecule has 1 aliphatic heterocycles. The van der Waals surface area contributed by atoms with Crippen molar-refractivity contribution < 1.29 is 24.2 Å². The van der Waals surface area contributed by atoms with Crippen molar-refractivity contribution in [3.8, 4) is 0 Å². The first-order valence-electron chi connectivity index (χ1n) is 6.05. The van der Waals surface area contributed by atoms with Gasteiger partial charge in [-0.3, -0.25) is 0 Å². The smallest absolute Gasteiger partial charge is 0.329 e. The molecule has 1 fully saturated rings. The van der Waals surface area contributed by atoms with Gasteiger partial charge in [-0.05, 0) is 19.8 Å². The summed E-state index contributed by atoms with van der Waals surface area (Å²) in [4.78, 5) is 21.6. The molecule has 0 radical (unpaired) electrons. The van der Waals surface area contributed by atoms with Crippen molar-refractivity contribution in [2.75, 3.05) is 26.4 Å². The summed E-state index contributed by atoms with van der Waals surface area (Å²) in [6.45, 7) is 2.75. The van der Waals surface area contributed by atoms with Crippen molar-refractivity contribution >= 4 is 12.0 Å². The van der Waals surface area contributed by atoms with Gasteiger partial charge in [0.25, 0.3) is 0 Å². The maximum Gasteiger partial charge on any atom is 0.329 e. The molecule has 1 saturated heterocycles. The summed E-state index contributed by atoms with van der Waals surface area (Å²) in [5.74, 6) is -1.02. The van der Waals surface area contributed by atoms with Crippen molar-refractivity contribution in [1.82, 2.24) is 10.6 Å². The number of carbonyl (C=O) groups is 2. The molecule has 1 aliphatic rings. The first kappa shape index (κ1) is 14.7. The van der Waals surface area contributed by atoms with Crippen LogP contribution in [0.5, 0.6) is 0 Å². The number of amides is 2. The van der Waals surface area contributed by atoms with E-state index in [-0.39, 0.29) is 37.9 Å². The highest BCUT2D eigenvalue weighted by Crippen LogP contribution is 2.15. The minimum Gasteiger partial charge on any atom is -0.480 e. The van der Waals surface area contributed by atoms with Gasteiger partial charge in [0, 0.05) is 13.2 Å². The maximum atomic E-state index is 11.5. The Morgan fingerprint density at radius 2 is 2.33 bits per heavy atom. The Hall–Kier alpha value is -1.34. The normalized spacial score (nSPS) is 20.4. The van der Waals surface area contributed by atoms with E-state index in [1.165, 1.54) is 0 Å². The van der Waals surface area contributed by atoms with Crippen LogP contribution in [0.4, 0.5) is 4.79 Å². The van der Waals surface area contributed by atoms with E-state index in [0.717, 1.165) is 19.4 Å². The lowest BCUT2D eigenvalue weighted by Gasteiger charge is -2.20. The topological polar surface area (TPSA) is 96.9 Å². The maximum absolute atomic E-state index is 11.5. The molecule has 2 unspecified atom stereocenters. The molecule has 2 amide bonds. The highest BCUT2D eigenvalue weighted by Gasteiger charge is 2.23. The summed E-state index contributed by atoms with van der Waals surface area (Å²) in [7, 11) is 0. The molecular weight excluding hydrogens is 240 g/mol. The lowest BCUT2D eigenvalue weighted by Crippen LogP contribution is -2.46. The summed E-state index contributed by atoms with van der Waals surface area (Å²) in [6, 6.07) is -0.329. The summed E-state index contributed by atoms with van der Waals surface area (Å²) in [5, 5.41) is 13.7. The average molecular weight is 260 g/mol. The van der Waals surface area contributed by atoms with Crippen LogP contribution in [0.1, 0.15) is 19.8 Å². The highest BCUT2D eigenvalue weighted by atomic mass is 16.5. The van der Waals surface area contributed by atoms with Gasteiger partial charge in [-0.15, -0.1) is 0 Å². The molecule has 0 aromatic rings. The quantitative estimate of drug-likeness (QED) is 0.558. The third-order valence-corrected chi connectivity index (χ3v) is 2.64. The van der Waals surface area contributed by atoms with E-state index in [9.17, 15) is 9.59 Å². The Labute approximate surface area is 106 Å². The second-order valence-corrected chi connectivity index (χ2v) is 4.19. The van der Waals surface area contributed by atoms with Crippen LogP contribution in [0.3, 0.4) is 0 Å². The number of carboxylic acid groups (broad SMARTS) is 1. The third kappa shape index (κ3) is 5.83. The number of nitrogens with one attached hydrogen (secondary N) is 2. The Bertz CT molecular complexity index is 279. The summed E-state index contributed by atoms with van der Waals surface area (Å²) >= 11 is 0. The predicted octanol–water partition coefficient (Wildman–Crippen LogP) is -0.0457.